The van der Waals surface area contributed by atoms with Crippen LogP contribution in [-0.2, 0) is 0 Å². The maximum Gasteiger partial charge on any atom is 0.0866 e. The summed E-state index contributed by atoms with van der Waals surface area (Å²) in [5, 5.41) is 8.26. The molecule has 0 saturated carbocycles. The summed E-state index contributed by atoms with van der Waals surface area (Å²) in [7, 11) is 0. The molecule has 52 valence electrons. The van der Waals surface area contributed by atoms with Gasteiger partial charge in [-0.2, -0.15) is 5.26 Å². The van der Waals surface area contributed by atoms with Gasteiger partial charge in [0.15, 0.2) is 0 Å². The zero-order valence-corrected chi connectivity index (χ0v) is 5.80. The van der Waals surface area contributed by atoms with Gasteiger partial charge in [-0.25, -0.2) is 0 Å². The molecule has 0 aromatic rings. The van der Waals surface area contributed by atoms with Crippen LogP contribution >= 0.6 is 0 Å². The summed E-state index contributed by atoms with van der Waals surface area (Å²) >= 11 is 0. The highest BCUT2D eigenvalue weighted by Gasteiger charge is 1.96. The Morgan fingerprint density at radius 2 is 2.33 bits per heavy atom. The molecule has 2 N–H and O–H groups in total. The molecule has 0 aliphatic heterocycles. The monoisotopic (exact) mass is 127 g/mol. The molecular weight excluding hydrogens is 114 g/mol. The highest BCUT2D eigenvalue weighted by Crippen LogP contribution is 1.82. The molecule has 3 heteroatoms. The Kier molecular flexibility index (Phi) is 5.18. The second-order valence-electron chi connectivity index (χ2n) is 1.82. The van der Waals surface area contributed by atoms with E-state index in [0.717, 1.165) is 13.1 Å². The minimum absolute atomic E-state index is 0.494. The fraction of sp³-hybridized carbons (Fsp3) is 0.833. The summed E-state index contributed by atoms with van der Waals surface area (Å²) in [6, 6.07) is 2.07. The van der Waals surface area contributed by atoms with Crippen LogP contribution in [0.2, 0.25) is 0 Å². The van der Waals surface area contributed by atoms with E-state index >= 15 is 0 Å². The van der Waals surface area contributed by atoms with Crippen LogP contribution in [0.1, 0.15) is 6.92 Å². The van der Waals surface area contributed by atoms with Gasteiger partial charge in [0.1, 0.15) is 0 Å². The highest BCUT2D eigenvalue weighted by molar-refractivity contribution is 4.75. The lowest BCUT2D eigenvalue weighted by Gasteiger charge is -2.13. The first-order chi connectivity index (χ1) is 4.35. The molecule has 0 amide bonds. The van der Waals surface area contributed by atoms with Gasteiger partial charge in [0.2, 0.25) is 0 Å². The summed E-state index contributed by atoms with van der Waals surface area (Å²) in [4.78, 5) is 2.00. The van der Waals surface area contributed by atoms with Gasteiger partial charge in [0, 0.05) is 13.1 Å². The van der Waals surface area contributed by atoms with Crippen molar-refractivity contribution in [2.45, 2.75) is 6.92 Å². The average Bonchev–Trinajstić information content (AvgIpc) is 1.88. The molecule has 0 radical (unpaired) electrons. The van der Waals surface area contributed by atoms with Crippen LogP contribution in [0.4, 0.5) is 0 Å². The predicted molar refractivity (Wildman–Crippen MR) is 36.8 cm³/mol. The van der Waals surface area contributed by atoms with E-state index in [1.165, 1.54) is 0 Å². The number of nitriles is 1. The Balaban J connectivity index is 3.32. The molecule has 0 aliphatic rings. The van der Waals surface area contributed by atoms with Gasteiger partial charge >= 0.3 is 0 Å². The largest absolute Gasteiger partial charge is 0.329 e. The van der Waals surface area contributed by atoms with Crippen molar-refractivity contribution in [2.75, 3.05) is 26.2 Å². The number of hydrogen-bond donors (Lipinski definition) is 1. The summed E-state index contributed by atoms with van der Waals surface area (Å²) in [5.74, 6) is 0. The molecule has 0 bridgehead atoms. The maximum atomic E-state index is 8.26. The molecule has 0 aromatic heterocycles. The molecule has 9 heavy (non-hydrogen) atoms. The van der Waals surface area contributed by atoms with Gasteiger partial charge in [-0.05, 0) is 6.54 Å². The van der Waals surface area contributed by atoms with E-state index in [-0.39, 0.29) is 0 Å². The zero-order valence-electron chi connectivity index (χ0n) is 5.80. The number of nitrogens with two attached hydrogens (primary N) is 1. The van der Waals surface area contributed by atoms with Crippen LogP contribution in [-0.4, -0.2) is 31.1 Å². The van der Waals surface area contributed by atoms with E-state index < -0.39 is 0 Å². The minimum Gasteiger partial charge on any atom is -0.329 e. The molecule has 0 aliphatic carbocycles. The Morgan fingerprint density at radius 3 is 2.67 bits per heavy atom. The van der Waals surface area contributed by atoms with Gasteiger partial charge in [-0.15, -0.1) is 0 Å². The van der Waals surface area contributed by atoms with Crippen molar-refractivity contribution >= 4 is 0 Å². The molecule has 0 heterocycles. The van der Waals surface area contributed by atoms with Crippen LogP contribution in [0.25, 0.3) is 0 Å². The van der Waals surface area contributed by atoms with Crippen molar-refractivity contribution in [2.24, 2.45) is 5.73 Å². The molecule has 3 nitrogen and oxygen atoms in total. The number of hydrogen-bond acceptors (Lipinski definition) is 3. The first-order valence-electron chi connectivity index (χ1n) is 3.14. The number of nitrogens with zero attached hydrogens (tertiary/aromatic N) is 2. The fourth-order valence-electron chi connectivity index (χ4n) is 0.632. The smallest absolute Gasteiger partial charge is 0.0866 e. The number of rotatable bonds is 4. The van der Waals surface area contributed by atoms with Crippen LogP contribution in [0.15, 0.2) is 0 Å². The van der Waals surface area contributed by atoms with E-state index in [0.29, 0.717) is 13.1 Å². The van der Waals surface area contributed by atoms with Crippen molar-refractivity contribution in [1.29, 1.82) is 5.26 Å². The van der Waals surface area contributed by atoms with Crippen LogP contribution < -0.4 is 5.73 Å². The van der Waals surface area contributed by atoms with E-state index in [9.17, 15) is 0 Å². The second kappa shape index (κ2) is 5.54. The van der Waals surface area contributed by atoms with E-state index in [4.69, 9.17) is 11.0 Å². The lowest BCUT2D eigenvalue weighted by molar-refractivity contribution is 0.332. The second-order valence-corrected chi connectivity index (χ2v) is 1.82. The Hall–Kier alpha value is -0.590. The first-order valence-corrected chi connectivity index (χ1v) is 3.14. The summed E-state index contributed by atoms with van der Waals surface area (Å²) in [6.45, 7) is 4.88. The molecule has 0 fully saturated rings. The normalized spacial score (nSPS) is 9.56. The van der Waals surface area contributed by atoms with Crippen molar-refractivity contribution in [3.63, 3.8) is 0 Å². The van der Waals surface area contributed by atoms with E-state index in [1.807, 2.05) is 11.8 Å². The third-order valence-electron chi connectivity index (χ3n) is 1.19. The molecule has 0 spiro atoms. The van der Waals surface area contributed by atoms with Gasteiger partial charge < -0.3 is 5.73 Å². The van der Waals surface area contributed by atoms with Crippen molar-refractivity contribution < 1.29 is 0 Å². The van der Waals surface area contributed by atoms with Crippen molar-refractivity contribution in [1.82, 2.24) is 4.90 Å². The molecular formula is C6H13N3. The third-order valence-corrected chi connectivity index (χ3v) is 1.19. The van der Waals surface area contributed by atoms with Gasteiger partial charge in [-0.3, -0.25) is 4.90 Å². The molecule has 0 aromatic carbocycles. The molecule has 0 atom stereocenters. The van der Waals surface area contributed by atoms with Gasteiger partial charge in [0.05, 0.1) is 12.6 Å². The Morgan fingerprint density at radius 1 is 1.67 bits per heavy atom. The fourth-order valence-corrected chi connectivity index (χ4v) is 0.632. The Bertz CT molecular complexity index is 95.0. The molecule has 0 unspecified atom stereocenters. The average molecular weight is 127 g/mol. The van der Waals surface area contributed by atoms with Crippen LogP contribution in [0.3, 0.4) is 0 Å². The van der Waals surface area contributed by atoms with Crippen molar-refractivity contribution in [3.05, 3.63) is 0 Å². The van der Waals surface area contributed by atoms with Crippen LogP contribution in [0, 0.1) is 11.3 Å². The van der Waals surface area contributed by atoms with E-state index in [1.54, 1.807) is 0 Å². The quantitative estimate of drug-likeness (QED) is 0.532. The first kappa shape index (κ1) is 8.41. The summed E-state index contributed by atoms with van der Waals surface area (Å²) < 4.78 is 0. The van der Waals surface area contributed by atoms with Gasteiger partial charge in [-0.1, -0.05) is 6.92 Å². The zero-order chi connectivity index (χ0) is 7.11. The minimum atomic E-state index is 0.494. The topological polar surface area (TPSA) is 53.0 Å². The molecule has 0 saturated heterocycles. The maximum absolute atomic E-state index is 8.26. The lowest BCUT2D eigenvalue weighted by Crippen LogP contribution is -2.29. The summed E-state index contributed by atoms with van der Waals surface area (Å²) in [5.41, 5.74) is 5.28. The standard InChI is InChI=1S/C6H13N3/c1-2-9(5-3-7)6-4-8/h2-3,5-7H2,1H3. The highest BCUT2D eigenvalue weighted by atomic mass is 15.1. The van der Waals surface area contributed by atoms with Gasteiger partial charge in [0.25, 0.3) is 0 Å². The van der Waals surface area contributed by atoms with Crippen LogP contribution in [0.5, 0.6) is 0 Å². The van der Waals surface area contributed by atoms with E-state index in [2.05, 4.69) is 6.07 Å². The third kappa shape index (κ3) is 3.95. The Labute approximate surface area is 56.1 Å². The SMILES string of the molecule is CCN(CC#N)CCN. The lowest BCUT2D eigenvalue weighted by atomic mass is 10.5. The number of likely N-dealkylation sites (N-methyl/N-ethyl adjacent to an activating group) is 1. The van der Waals surface area contributed by atoms with Crippen molar-refractivity contribution in [3.8, 4) is 6.07 Å². The predicted octanol–water partition coefficient (Wildman–Crippen LogP) is -0.209. The summed E-state index contributed by atoms with van der Waals surface area (Å²) in [6.07, 6.45) is 0. The molecule has 0 rings (SSSR count).